The molecule has 1 unspecified atom stereocenters. The third kappa shape index (κ3) is 5.41. The summed E-state index contributed by atoms with van der Waals surface area (Å²) in [6.07, 6.45) is 1.59. The van der Waals surface area contributed by atoms with Gasteiger partial charge < -0.3 is 5.32 Å². The lowest BCUT2D eigenvalue weighted by Gasteiger charge is -2.09. The van der Waals surface area contributed by atoms with Crippen molar-refractivity contribution in [3.63, 3.8) is 0 Å². The maximum atomic E-state index is 11.2. The molecule has 1 N–H and O–H groups in total. The van der Waals surface area contributed by atoms with Crippen molar-refractivity contribution in [2.75, 3.05) is 18.1 Å². The third-order valence-electron chi connectivity index (χ3n) is 2.35. The van der Waals surface area contributed by atoms with E-state index in [1.54, 1.807) is 6.33 Å². The standard InChI is InChI=1S/C11H22N4OS/c1-4-17(16)6-5-12-7-11-13-9-14-15(11)8-10(2)3/h9-10,12H,4-8H2,1-3H3. The predicted octanol–water partition coefficient (Wildman–Crippen LogP) is 0.792. The van der Waals surface area contributed by atoms with E-state index >= 15 is 0 Å². The fourth-order valence-corrected chi connectivity index (χ4v) is 2.11. The van der Waals surface area contributed by atoms with Gasteiger partial charge in [-0.2, -0.15) is 5.10 Å². The lowest BCUT2D eigenvalue weighted by molar-refractivity contribution is 0.459. The molecule has 0 radical (unpaired) electrons. The van der Waals surface area contributed by atoms with E-state index in [2.05, 4.69) is 29.2 Å². The second-order valence-electron chi connectivity index (χ2n) is 4.36. The highest BCUT2D eigenvalue weighted by atomic mass is 32.2. The molecule has 0 aliphatic rings. The Labute approximate surface area is 105 Å². The van der Waals surface area contributed by atoms with Crippen molar-refractivity contribution in [3.8, 4) is 0 Å². The summed E-state index contributed by atoms with van der Waals surface area (Å²) in [6, 6.07) is 0. The fourth-order valence-electron chi connectivity index (χ4n) is 1.45. The molecule has 0 amide bonds. The smallest absolute Gasteiger partial charge is 0.140 e. The largest absolute Gasteiger partial charge is 0.309 e. The molecule has 0 aromatic carbocycles. The first kappa shape index (κ1) is 14.3. The summed E-state index contributed by atoms with van der Waals surface area (Å²) in [5.74, 6) is 2.93. The number of nitrogens with one attached hydrogen (secondary N) is 1. The third-order valence-corrected chi connectivity index (χ3v) is 3.65. The Balaban J connectivity index is 2.31. The highest BCUT2D eigenvalue weighted by molar-refractivity contribution is 7.84. The quantitative estimate of drug-likeness (QED) is 0.700. The van der Waals surface area contributed by atoms with Crippen molar-refractivity contribution in [3.05, 3.63) is 12.2 Å². The summed E-state index contributed by atoms with van der Waals surface area (Å²) in [7, 11) is -0.695. The second-order valence-corrected chi connectivity index (χ2v) is 6.23. The summed E-state index contributed by atoms with van der Waals surface area (Å²) in [5, 5.41) is 7.44. The summed E-state index contributed by atoms with van der Waals surface area (Å²) in [5.41, 5.74) is 0. The first-order valence-corrected chi connectivity index (χ1v) is 7.54. The molecule has 1 heterocycles. The Bertz CT molecular complexity index is 351. The first-order chi connectivity index (χ1) is 8.13. The molecule has 6 heteroatoms. The molecule has 1 rings (SSSR count). The minimum atomic E-state index is -0.695. The zero-order valence-corrected chi connectivity index (χ0v) is 11.7. The van der Waals surface area contributed by atoms with Gasteiger partial charge in [-0.15, -0.1) is 0 Å². The molecular weight excluding hydrogens is 236 g/mol. The average molecular weight is 258 g/mol. The summed E-state index contributed by atoms with van der Waals surface area (Å²) >= 11 is 0. The SMILES string of the molecule is CCS(=O)CCNCc1ncnn1CC(C)C. The Morgan fingerprint density at radius 2 is 2.29 bits per heavy atom. The Kier molecular flexibility index (Phi) is 6.36. The Morgan fingerprint density at radius 3 is 2.94 bits per heavy atom. The van der Waals surface area contributed by atoms with Crippen molar-refractivity contribution in [2.45, 2.75) is 33.9 Å². The van der Waals surface area contributed by atoms with Crippen LogP contribution in [0.3, 0.4) is 0 Å². The second kappa shape index (κ2) is 7.55. The zero-order valence-electron chi connectivity index (χ0n) is 10.8. The number of hydrogen-bond acceptors (Lipinski definition) is 4. The van der Waals surface area contributed by atoms with Crippen LogP contribution in [0.25, 0.3) is 0 Å². The molecule has 1 aromatic heterocycles. The van der Waals surface area contributed by atoms with Crippen LogP contribution in [0.15, 0.2) is 6.33 Å². The summed E-state index contributed by atoms with van der Waals surface area (Å²) in [6.45, 7) is 8.59. The lowest BCUT2D eigenvalue weighted by atomic mass is 10.2. The van der Waals surface area contributed by atoms with Crippen molar-refractivity contribution in [1.29, 1.82) is 0 Å². The average Bonchev–Trinajstić information content (AvgIpc) is 2.70. The van der Waals surface area contributed by atoms with Gasteiger partial charge in [0.25, 0.3) is 0 Å². The van der Waals surface area contributed by atoms with Crippen LogP contribution < -0.4 is 5.32 Å². The van der Waals surface area contributed by atoms with E-state index in [9.17, 15) is 4.21 Å². The normalized spacial score (nSPS) is 13.2. The highest BCUT2D eigenvalue weighted by Gasteiger charge is 2.05. The van der Waals surface area contributed by atoms with Crippen LogP contribution in [-0.4, -0.2) is 37.0 Å². The molecule has 1 aromatic rings. The zero-order chi connectivity index (χ0) is 12.7. The van der Waals surface area contributed by atoms with Crippen LogP contribution in [-0.2, 0) is 23.9 Å². The molecule has 0 bridgehead atoms. The van der Waals surface area contributed by atoms with Gasteiger partial charge in [0.2, 0.25) is 0 Å². The van der Waals surface area contributed by atoms with Gasteiger partial charge in [-0.05, 0) is 5.92 Å². The van der Waals surface area contributed by atoms with Gasteiger partial charge in [0.05, 0.1) is 6.54 Å². The van der Waals surface area contributed by atoms with Gasteiger partial charge in [0.1, 0.15) is 12.2 Å². The molecule has 0 fully saturated rings. The van der Waals surface area contributed by atoms with E-state index < -0.39 is 10.8 Å². The topological polar surface area (TPSA) is 59.8 Å². The molecule has 0 saturated carbocycles. The van der Waals surface area contributed by atoms with E-state index in [-0.39, 0.29) is 0 Å². The predicted molar refractivity (Wildman–Crippen MR) is 70.1 cm³/mol. The summed E-state index contributed by atoms with van der Waals surface area (Å²) in [4.78, 5) is 4.22. The molecule has 0 spiro atoms. The molecule has 0 aliphatic carbocycles. The van der Waals surface area contributed by atoms with Crippen LogP contribution in [0.5, 0.6) is 0 Å². The maximum Gasteiger partial charge on any atom is 0.140 e. The molecule has 0 saturated heterocycles. The summed E-state index contributed by atoms with van der Waals surface area (Å²) < 4.78 is 13.1. The van der Waals surface area contributed by atoms with E-state index in [1.807, 2.05) is 11.6 Å². The van der Waals surface area contributed by atoms with Crippen LogP contribution in [0.2, 0.25) is 0 Å². The number of hydrogen-bond donors (Lipinski definition) is 1. The van der Waals surface area contributed by atoms with Crippen molar-refractivity contribution in [1.82, 2.24) is 20.1 Å². The number of nitrogens with zero attached hydrogens (tertiary/aromatic N) is 3. The van der Waals surface area contributed by atoms with Gasteiger partial charge in [-0.1, -0.05) is 20.8 Å². The van der Waals surface area contributed by atoms with Crippen LogP contribution >= 0.6 is 0 Å². The van der Waals surface area contributed by atoms with Crippen LogP contribution in [0, 0.1) is 5.92 Å². The molecule has 17 heavy (non-hydrogen) atoms. The Hall–Kier alpha value is -0.750. The molecule has 98 valence electrons. The minimum absolute atomic E-state index is 0.558. The van der Waals surface area contributed by atoms with E-state index in [4.69, 9.17) is 0 Å². The van der Waals surface area contributed by atoms with Gasteiger partial charge >= 0.3 is 0 Å². The number of rotatable bonds is 8. The van der Waals surface area contributed by atoms with Gasteiger partial charge in [-0.3, -0.25) is 4.21 Å². The van der Waals surface area contributed by atoms with E-state index in [1.165, 1.54) is 0 Å². The molecule has 1 atom stereocenters. The first-order valence-electron chi connectivity index (χ1n) is 6.05. The molecular formula is C11H22N4OS. The van der Waals surface area contributed by atoms with Crippen molar-refractivity contribution in [2.24, 2.45) is 5.92 Å². The van der Waals surface area contributed by atoms with Crippen LogP contribution in [0.4, 0.5) is 0 Å². The van der Waals surface area contributed by atoms with E-state index in [0.29, 0.717) is 18.2 Å². The number of aromatic nitrogens is 3. The van der Waals surface area contributed by atoms with Crippen molar-refractivity contribution < 1.29 is 4.21 Å². The maximum absolute atomic E-state index is 11.2. The van der Waals surface area contributed by atoms with E-state index in [0.717, 1.165) is 24.7 Å². The minimum Gasteiger partial charge on any atom is -0.309 e. The van der Waals surface area contributed by atoms with Gasteiger partial charge in [0.15, 0.2) is 0 Å². The van der Waals surface area contributed by atoms with Gasteiger partial charge in [-0.25, -0.2) is 9.67 Å². The monoisotopic (exact) mass is 258 g/mol. The molecule has 5 nitrogen and oxygen atoms in total. The molecule has 0 aliphatic heterocycles. The van der Waals surface area contributed by atoms with Crippen molar-refractivity contribution >= 4 is 10.8 Å². The van der Waals surface area contributed by atoms with Gasteiger partial charge in [0, 0.05) is 35.4 Å². The lowest BCUT2D eigenvalue weighted by Crippen LogP contribution is -2.23. The fraction of sp³-hybridized carbons (Fsp3) is 0.818. The van der Waals surface area contributed by atoms with Crippen LogP contribution in [0.1, 0.15) is 26.6 Å². The Morgan fingerprint density at radius 1 is 1.53 bits per heavy atom. The highest BCUT2D eigenvalue weighted by Crippen LogP contribution is 2.00.